The Balaban J connectivity index is 1.25. The summed E-state index contributed by atoms with van der Waals surface area (Å²) in [5.41, 5.74) is 2.68. The summed E-state index contributed by atoms with van der Waals surface area (Å²) >= 11 is 0. The number of hydrogen-bond acceptors (Lipinski definition) is 7. The summed E-state index contributed by atoms with van der Waals surface area (Å²) in [7, 11) is 0. The lowest BCUT2D eigenvalue weighted by Crippen LogP contribution is -2.48. The maximum Gasteiger partial charge on any atom is 0.250 e. The quantitative estimate of drug-likeness (QED) is 0.339. The molecular formula is C29H40F2N8. The van der Waals surface area contributed by atoms with E-state index in [1.807, 2.05) is 25.1 Å². The lowest BCUT2D eigenvalue weighted by atomic mass is 9.96. The summed E-state index contributed by atoms with van der Waals surface area (Å²) in [5.74, 6) is 0.350. The number of aromatic nitrogens is 4. The summed E-state index contributed by atoms with van der Waals surface area (Å²) in [4.78, 5) is 14.7. The Hall–Kier alpha value is -2.85. The highest BCUT2D eigenvalue weighted by Crippen LogP contribution is 2.38. The van der Waals surface area contributed by atoms with E-state index in [-0.39, 0.29) is 12.8 Å². The molecule has 0 radical (unpaired) electrons. The number of alkyl halides is 2. The Kier molecular flexibility index (Phi) is 7.18. The number of halogens is 2. The van der Waals surface area contributed by atoms with Gasteiger partial charge in [-0.2, -0.15) is 5.10 Å². The van der Waals surface area contributed by atoms with Crippen molar-refractivity contribution < 1.29 is 8.78 Å². The molecule has 0 aromatic carbocycles. The van der Waals surface area contributed by atoms with Gasteiger partial charge >= 0.3 is 0 Å². The number of fused-ring (bicyclic) bond motifs is 3. The molecule has 6 rings (SSSR count). The van der Waals surface area contributed by atoms with Crippen molar-refractivity contribution in [2.45, 2.75) is 89.9 Å². The molecule has 210 valence electrons. The third-order valence-electron chi connectivity index (χ3n) is 8.48. The average molecular weight is 539 g/mol. The van der Waals surface area contributed by atoms with Gasteiger partial charge in [0.25, 0.3) is 5.92 Å². The molecule has 0 aliphatic carbocycles. The first-order valence-electron chi connectivity index (χ1n) is 14.4. The molecule has 3 aromatic rings. The van der Waals surface area contributed by atoms with Crippen molar-refractivity contribution >= 4 is 28.4 Å². The summed E-state index contributed by atoms with van der Waals surface area (Å²) in [5, 5.41) is 15.4. The Labute approximate surface area is 229 Å². The number of nitrogens with one attached hydrogen (secondary N) is 3. The number of likely N-dealkylation sites (tertiary alicyclic amines) is 1. The van der Waals surface area contributed by atoms with Crippen LogP contribution in [0, 0.1) is 12.8 Å². The van der Waals surface area contributed by atoms with E-state index in [9.17, 15) is 8.78 Å². The highest BCUT2D eigenvalue weighted by atomic mass is 19.3. The van der Waals surface area contributed by atoms with E-state index in [0.29, 0.717) is 55.3 Å². The molecule has 6 heterocycles. The first-order chi connectivity index (χ1) is 18.7. The van der Waals surface area contributed by atoms with Gasteiger partial charge in [-0.3, -0.25) is 19.9 Å². The van der Waals surface area contributed by atoms with E-state index in [0.717, 1.165) is 41.0 Å². The normalized spacial score (nSPS) is 25.4. The molecule has 10 heteroatoms. The third-order valence-corrected chi connectivity index (χ3v) is 8.48. The molecule has 3 saturated heterocycles. The van der Waals surface area contributed by atoms with E-state index in [1.54, 1.807) is 0 Å². The van der Waals surface area contributed by atoms with Gasteiger partial charge in [-0.1, -0.05) is 13.8 Å². The van der Waals surface area contributed by atoms with Crippen LogP contribution in [0.1, 0.15) is 63.8 Å². The van der Waals surface area contributed by atoms with Crippen LogP contribution in [-0.2, 0) is 6.54 Å². The lowest BCUT2D eigenvalue weighted by Gasteiger charge is -2.40. The zero-order valence-electron chi connectivity index (χ0n) is 23.2. The van der Waals surface area contributed by atoms with E-state index in [2.05, 4.69) is 50.5 Å². The van der Waals surface area contributed by atoms with E-state index < -0.39 is 5.92 Å². The van der Waals surface area contributed by atoms with Gasteiger partial charge in [0.2, 0.25) is 0 Å². The standard InChI is InChI=1S/C29H40F2N8/c1-18(2)16-39-22-5-6-23(39)14-21(13-22)33-28-24-7-4-20(17-38-10-8-29(30,31)9-11-38)32-25(24)15-26(35-28)34-27-12-19(3)36-37-27/h4,7,12,15,18,21-23H,5-6,8-11,13-14,16-17H2,1-3H3,(H3,33,34,35,36,37)/t21?,22-,23+. The predicted molar refractivity (Wildman–Crippen MR) is 151 cm³/mol. The molecular weight excluding hydrogens is 498 g/mol. The van der Waals surface area contributed by atoms with Crippen LogP contribution in [0.3, 0.4) is 0 Å². The largest absolute Gasteiger partial charge is 0.367 e. The van der Waals surface area contributed by atoms with Crippen molar-refractivity contribution in [2.75, 3.05) is 30.3 Å². The van der Waals surface area contributed by atoms with Crippen LogP contribution in [0.15, 0.2) is 24.3 Å². The number of anilines is 3. The van der Waals surface area contributed by atoms with Gasteiger partial charge in [-0.15, -0.1) is 0 Å². The van der Waals surface area contributed by atoms with Crippen molar-refractivity contribution in [3.63, 3.8) is 0 Å². The topological polar surface area (TPSA) is 85.0 Å². The van der Waals surface area contributed by atoms with E-state index in [4.69, 9.17) is 9.97 Å². The molecule has 3 aliphatic heterocycles. The Morgan fingerprint density at radius 3 is 2.46 bits per heavy atom. The second-order valence-corrected chi connectivity index (χ2v) is 12.2. The summed E-state index contributed by atoms with van der Waals surface area (Å²) < 4.78 is 27.3. The van der Waals surface area contributed by atoms with Gasteiger partial charge < -0.3 is 10.6 Å². The molecule has 2 bridgehead atoms. The fourth-order valence-electron chi connectivity index (χ4n) is 6.62. The molecule has 3 atom stereocenters. The van der Waals surface area contributed by atoms with Crippen molar-refractivity contribution in [2.24, 2.45) is 5.92 Å². The highest BCUT2D eigenvalue weighted by Gasteiger charge is 2.41. The molecule has 8 nitrogen and oxygen atoms in total. The molecule has 0 spiro atoms. The molecule has 3 aliphatic rings. The highest BCUT2D eigenvalue weighted by molar-refractivity contribution is 5.91. The van der Waals surface area contributed by atoms with Crippen LogP contribution in [0.4, 0.5) is 26.2 Å². The fraction of sp³-hybridized carbons (Fsp3) is 0.621. The molecule has 0 amide bonds. The maximum absolute atomic E-state index is 13.6. The smallest absolute Gasteiger partial charge is 0.250 e. The van der Waals surface area contributed by atoms with Crippen LogP contribution >= 0.6 is 0 Å². The number of piperidine rings is 2. The van der Waals surface area contributed by atoms with Gasteiger partial charge in [-0.05, 0) is 50.7 Å². The first kappa shape index (κ1) is 26.4. The van der Waals surface area contributed by atoms with Gasteiger partial charge in [0.05, 0.1) is 11.2 Å². The lowest BCUT2D eigenvalue weighted by molar-refractivity contribution is -0.0568. The minimum absolute atomic E-state index is 0.0896. The summed E-state index contributed by atoms with van der Waals surface area (Å²) in [6.45, 7) is 9.09. The van der Waals surface area contributed by atoms with Gasteiger partial charge in [0, 0.05) is 80.4 Å². The molecule has 0 saturated carbocycles. The minimum Gasteiger partial charge on any atom is -0.367 e. The Bertz CT molecular complexity index is 1280. The van der Waals surface area contributed by atoms with Crippen LogP contribution < -0.4 is 10.6 Å². The van der Waals surface area contributed by atoms with E-state index in [1.165, 1.54) is 19.4 Å². The number of nitrogens with zero attached hydrogens (tertiary/aromatic N) is 5. The van der Waals surface area contributed by atoms with Gasteiger partial charge in [0.1, 0.15) is 11.6 Å². The molecule has 3 N–H and O–H groups in total. The molecule has 39 heavy (non-hydrogen) atoms. The summed E-state index contributed by atoms with van der Waals surface area (Å²) in [6, 6.07) is 9.61. The van der Waals surface area contributed by atoms with Crippen LogP contribution in [0.25, 0.3) is 10.9 Å². The number of aromatic amines is 1. The molecule has 1 unspecified atom stereocenters. The van der Waals surface area contributed by atoms with Crippen molar-refractivity contribution in [1.82, 2.24) is 30.0 Å². The number of aryl methyl sites for hydroxylation is 1. The van der Waals surface area contributed by atoms with Crippen molar-refractivity contribution in [1.29, 1.82) is 0 Å². The fourth-order valence-corrected chi connectivity index (χ4v) is 6.62. The predicted octanol–water partition coefficient (Wildman–Crippen LogP) is 5.70. The Morgan fingerprint density at radius 1 is 1.05 bits per heavy atom. The third kappa shape index (κ3) is 6.01. The second kappa shape index (κ2) is 10.6. The first-order valence-corrected chi connectivity index (χ1v) is 14.4. The van der Waals surface area contributed by atoms with Crippen LogP contribution in [0.5, 0.6) is 0 Å². The zero-order valence-corrected chi connectivity index (χ0v) is 23.2. The number of hydrogen-bond donors (Lipinski definition) is 3. The zero-order chi connectivity index (χ0) is 27.1. The maximum atomic E-state index is 13.6. The SMILES string of the molecule is Cc1cc(Nc2cc3nc(CN4CCC(F)(F)CC4)ccc3c(NC3C[C@H]4CC[C@@H](C3)N4CC(C)C)n2)n[nH]1. The average Bonchev–Trinajstić information content (AvgIpc) is 3.37. The number of rotatable bonds is 8. The Morgan fingerprint density at radius 2 is 1.79 bits per heavy atom. The van der Waals surface area contributed by atoms with E-state index >= 15 is 0 Å². The number of H-pyrrole nitrogens is 1. The molecule has 3 fully saturated rings. The summed E-state index contributed by atoms with van der Waals surface area (Å²) in [6.07, 6.45) is 4.61. The van der Waals surface area contributed by atoms with Gasteiger partial charge in [-0.25, -0.2) is 13.8 Å². The van der Waals surface area contributed by atoms with Crippen LogP contribution in [0.2, 0.25) is 0 Å². The number of pyridine rings is 2. The second-order valence-electron chi connectivity index (χ2n) is 12.2. The van der Waals surface area contributed by atoms with Crippen molar-refractivity contribution in [3.05, 3.63) is 35.7 Å². The molecule has 3 aromatic heterocycles. The van der Waals surface area contributed by atoms with Crippen LogP contribution in [-0.4, -0.2) is 73.6 Å². The van der Waals surface area contributed by atoms with Gasteiger partial charge in [0.15, 0.2) is 5.82 Å². The minimum atomic E-state index is -2.55. The monoisotopic (exact) mass is 538 g/mol. The van der Waals surface area contributed by atoms with Crippen molar-refractivity contribution in [3.8, 4) is 0 Å².